The first-order valence-electron chi connectivity index (χ1n) is 7.59. The second kappa shape index (κ2) is 6.65. The highest BCUT2D eigenvalue weighted by Gasteiger charge is 2.23. The van der Waals surface area contributed by atoms with Crippen LogP contribution in [0.4, 0.5) is 5.69 Å². The molecule has 0 saturated heterocycles. The predicted octanol–water partition coefficient (Wildman–Crippen LogP) is 2.27. The molecule has 0 saturated carbocycles. The largest absolute Gasteiger partial charge is 0.507 e. The molecule has 9 nitrogen and oxygen atoms in total. The fourth-order valence-corrected chi connectivity index (χ4v) is 3.57. The number of non-ortho nitro benzene ring substituents is 1. The SMILES string of the molecule is Cc1ccc(O)c(C(=O)c2cnn(S(=O)(=O)c3cccc([N+](=O)[O-])c3)c2)c1. The number of nitro benzene ring substituents is 1. The van der Waals surface area contributed by atoms with Crippen molar-refractivity contribution in [3.8, 4) is 5.75 Å². The molecule has 0 spiro atoms. The van der Waals surface area contributed by atoms with Crippen LogP contribution in [0.1, 0.15) is 21.5 Å². The third-order valence-corrected chi connectivity index (χ3v) is 5.33. The molecule has 138 valence electrons. The van der Waals surface area contributed by atoms with Gasteiger partial charge < -0.3 is 5.11 Å². The number of nitro groups is 1. The van der Waals surface area contributed by atoms with Crippen molar-refractivity contribution in [2.45, 2.75) is 11.8 Å². The van der Waals surface area contributed by atoms with E-state index in [4.69, 9.17) is 0 Å². The van der Waals surface area contributed by atoms with Gasteiger partial charge in [-0.3, -0.25) is 14.9 Å². The van der Waals surface area contributed by atoms with Gasteiger partial charge in [0.15, 0.2) is 5.78 Å². The number of ketones is 1. The van der Waals surface area contributed by atoms with Gasteiger partial charge in [0.1, 0.15) is 5.75 Å². The van der Waals surface area contributed by atoms with Crippen molar-refractivity contribution in [2.75, 3.05) is 0 Å². The molecule has 0 bridgehead atoms. The Hall–Kier alpha value is -3.53. The highest BCUT2D eigenvalue weighted by molar-refractivity contribution is 7.89. The van der Waals surface area contributed by atoms with Crippen LogP contribution in [0.15, 0.2) is 59.8 Å². The number of aromatic nitrogens is 2. The van der Waals surface area contributed by atoms with Crippen molar-refractivity contribution in [2.24, 2.45) is 0 Å². The number of rotatable bonds is 5. The topological polar surface area (TPSA) is 132 Å². The van der Waals surface area contributed by atoms with Gasteiger partial charge in [0.25, 0.3) is 15.7 Å². The van der Waals surface area contributed by atoms with Crippen molar-refractivity contribution in [3.63, 3.8) is 0 Å². The lowest BCUT2D eigenvalue weighted by Gasteiger charge is -2.04. The normalized spacial score (nSPS) is 11.3. The van der Waals surface area contributed by atoms with Gasteiger partial charge in [-0.05, 0) is 25.1 Å². The third-order valence-electron chi connectivity index (χ3n) is 3.79. The zero-order valence-corrected chi connectivity index (χ0v) is 14.8. The van der Waals surface area contributed by atoms with E-state index in [-0.39, 0.29) is 27.5 Å². The monoisotopic (exact) mass is 387 g/mol. The summed E-state index contributed by atoms with van der Waals surface area (Å²) < 4.78 is 25.8. The minimum Gasteiger partial charge on any atom is -0.507 e. The summed E-state index contributed by atoms with van der Waals surface area (Å²) >= 11 is 0. The smallest absolute Gasteiger partial charge is 0.283 e. The van der Waals surface area contributed by atoms with Gasteiger partial charge in [0.05, 0.1) is 33.3 Å². The standard InChI is InChI=1S/C17H13N3O6S/c1-11-5-6-16(21)15(7-11)17(22)12-9-18-19(10-12)27(25,26)14-4-2-3-13(8-14)20(23)24/h2-10,21H,1H3. The highest BCUT2D eigenvalue weighted by Crippen LogP contribution is 2.23. The van der Waals surface area contributed by atoms with Crippen molar-refractivity contribution < 1.29 is 23.2 Å². The molecule has 3 rings (SSSR count). The van der Waals surface area contributed by atoms with E-state index >= 15 is 0 Å². The van der Waals surface area contributed by atoms with E-state index in [0.29, 0.717) is 4.09 Å². The van der Waals surface area contributed by atoms with Crippen molar-refractivity contribution >= 4 is 21.5 Å². The zero-order valence-electron chi connectivity index (χ0n) is 13.9. The van der Waals surface area contributed by atoms with Crippen LogP contribution < -0.4 is 0 Å². The number of hydrogen-bond acceptors (Lipinski definition) is 7. The lowest BCUT2D eigenvalue weighted by Crippen LogP contribution is -2.13. The van der Waals surface area contributed by atoms with Gasteiger partial charge in [-0.1, -0.05) is 17.7 Å². The van der Waals surface area contributed by atoms with Gasteiger partial charge in [-0.15, -0.1) is 0 Å². The molecule has 0 atom stereocenters. The summed E-state index contributed by atoms with van der Waals surface area (Å²) in [6, 6.07) is 8.98. The van der Waals surface area contributed by atoms with E-state index in [9.17, 15) is 28.4 Å². The van der Waals surface area contributed by atoms with Crippen LogP contribution in [0, 0.1) is 17.0 Å². The molecular formula is C17H13N3O6S. The summed E-state index contributed by atoms with van der Waals surface area (Å²) in [5, 5.41) is 24.4. The Bertz CT molecular complexity index is 1170. The number of aromatic hydroxyl groups is 1. The highest BCUT2D eigenvalue weighted by atomic mass is 32.2. The molecule has 1 heterocycles. The minimum absolute atomic E-state index is 0.0160. The maximum absolute atomic E-state index is 12.6. The second-order valence-electron chi connectivity index (χ2n) is 5.71. The fraction of sp³-hybridized carbons (Fsp3) is 0.0588. The molecular weight excluding hydrogens is 374 g/mol. The summed E-state index contributed by atoms with van der Waals surface area (Å²) in [6.07, 6.45) is 2.05. The molecule has 3 aromatic rings. The lowest BCUT2D eigenvalue weighted by atomic mass is 10.0. The molecule has 0 aliphatic carbocycles. The van der Waals surface area contributed by atoms with E-state index in [1.54, 1.807) is 13.0 Å². The molecule has 0 aliphatic heterocycles. The molecule has 2 aromatic carbocycles. The van der Waals surface area contributed by atoms with Gasteiger partial charge in [0, 0.05) is 12.1 Å². The summed E-state index contributed by atoms with van der Waals surface area (Å²) in [7, 11) is -4.22. The molecule has 1 aromatic heterocycles. The Labute approximate surface area is 153 Å². The van der Waals surface area contributed by atoms with Crippen LogP contribution in [-0.4, -0.2) is 33.4 Å². The summed E-state index contributed by atoms with van der Waals surface area (Å²) in [5.74, 6) is -0.836. The first kappa shape index (κ1) is 18.3. The Morgan fingerprint density at radius 1 is 1.22 bits per heavy atom. The van der Waals surface area contributed by atoms with Crippen LogP contribution in [0.5, 0.6) is 5.75 Å². The molecule has 1 N–H and O–H groups in total. The summed E-state index contributed by atoms with van der Waals surface area (Å²) in [6.45, 7) is 1.74. The predicted molar refractivity (Wildman–Crippen MR) is 94.2 cm³/mol. The number of benzene rings is 2. The molecule has 0 aliphatic rings. The van der Waals surface area contributed by atoms with Crippen LogP contribution in [0.2, 0.25) is 0 Å². The summed E-state index contributed by atoms with van der Waals surface area (Å²) in [5.41, 5.74) is 0.323. The Morgan fingerprint density at radius 2 is 1.96 bits per heavy atom. The van der Waals surface area contributed by atoms with Gasteiger partial charge in [-0.25, -0.2) is 0 Å². The van der Waals surface area contributed by atoms with Crippen molar-refractivity contribution in [1.82, 2.24) is 9.19 Å². The maximum atomic E-state index is 12.6. The number of phenolic OH excluding ortho intramolecular Hbond substituents is 1. The van der Waals surface area contributed by atoms with Crippen LogP contribution in [0.25, 0.3) is 0 Å². The lowest BCUT2D eigenvalue weighted by molar-refractivity contribution is -0.385. The van der Waals surface area contributed by atoms with E-state index in [1.807, 2.05) is 0 Å². The molecule has 0 amide bonds. The van der Waals surface area contributed by atoms with Gasteiger partial charge in [0.2, 0.25) is 0 Å². The van der Waals surface area contributed by atoms with Crippen molar-refractivity contribution in [1.29, 1.82) is 0 Å². The van der Waals surface area contributed by atoms with Crippen molar-refractivity contribution in [3.05, 3.63) is 81.7 Å². The molecule has 10 heteroatoms. The second-order valence-corrected chi connectivity index (χ2v) is 7.51. The van der Waals surface area contributed by atoms with E-state index in [2.05, 4.69) is 5.10 Å². The number of carbonyl (C=O) groups excluding carboxylic acids is 1. The number of phenols is 1. The van der Waals surface area contributed by atoms with Crippen LogP contribution >= 0.6 is 0 Å². The van der Waals surface area contributed by atoms with Gasteiger partial charge >= 0.3 is 0 Å². The molecule has 0 radical (unpaired) electrons. The summed E-state index contributed by atoms with van der Waals surface area (Å²) in [4.78, 5) is 22.3. The van der Waals surface area contributed by atoms with Crippen LogP contribution in [-0.2, 0) is 10.0 Å². The van der Waals surface area contributed by atoms with E-state index in [1.165, 1.54) is 24.3 Å². The first-order chi connectivity index (χ1) is 12.7. The van der Waals surface area contributed by atoms with E-state index in [0.717, 1.165) is 30.1 Å². The number of carbonyl (C=O) groups is 1. The molecule has 27 heavy (non-hydrogen) atoms. The number of nitrogens with zero attached hydrogens (tertiary/aromatic N) is 3. The Kier molecular flexibility index (Phi) is 4.50. The molecule has 0 fully saturated rings. The third kappa shape index (κ3) is 3.42. The quantitative estimate of drug-likeness (QED) is 0.403. The van der Waals surface area contributed by atoms with Crippen LogP contribution in [0.3, 0.4) is 0 Å². The number of hydrogen-bond donors (Lipinski definition) is 1. The first-order valence-corrected chi connectivity index (χ1v) is 9.03. The number of aryl methyl sites for hydroxylation is 1. The maximum Gasteiger partial charge on any atom is 0.283 e. The molecule has 0 unspecified atom stereocenters. The average Bonchev–Trinajstić information content (AvgIpc) is 3.14. The zero-order chi connectivity index (χ0) is 19.8. The Balaban J connectivity index is 2.00. The fourth-order valence-electron chi connectivity index (χ4n) is 2.41. The average molecular weight is 387 g/mol. The Morgan fingerprint density at radius 3 is 2.67 bits per heavy atom. The van der Waals surface area contributed by atoms with Gasteiger partial charge in [-0.2, -0.15) is 17.6 Å². The minimum atomic E-state index is -4.22. The van der Waals surface area contributed by atoms with E-state index < -0.39 is 20.7 Å².